The molecule has 0 fully saturated rings. The van der Waals surface area contributed by atoms with Crippen LogP contribution in [0, 0.1) is 0 Å². The number of carbonyl (C=O) groups excluding carboxylic acids is 3. The molecule has 296 valence electrons. The summed E-state index contributed by atoms with van der Waals surface area (Å²) in [6.45, 7) is 4.23. The maximum absolute atomic E-state index is 12.5. The third-order valence-electron chi connectivity index (χ3n) is 9.81. The molecule has 0 aromatic carbocycles. The molecule has 8 nitrogen and oxygen atoms in total. The molecule has 0 N–H and O–H groups in total. The van der Waals surface area contributed by atoms with Gasteiger partial charge in [-0.25, -0.2) is 14.3 Å². The Morgan fingerprint density at radius 3 is 1.10 bits per heavy atom. The Labute approximate surface area is 312 Å². The molecule has 1 aromatic heterocycles. The van der Waals surface area contributed by atoms with E-state index in [1.165, 1.54) is 177 Å². The predicted molar refractivity (Wildman–Crippen MR) is 209 cm³/mol. The van der Waals surface area contributed by atoms with E-state index in [4.69, 9.17) is 14.2 Å². The van der Waals surface area contributed by atoms with Gasteiger partial charge in [-0.1, -0.05) is 194 Å². The number of carbonyl (C=O) groups is 3. The topological polar surface area (TPSA) is 96.7 Å². The zero-order valence-electron chi connectivity index (χ0n) is 33.2. The van der Waals surface area contributed by atoms with Gasteiger partial charge in [-0.2, -0.15) is 0 Å². The van der Waals surface area contributed by atoms with Crippen LogP contribution in [0.4, 0.5) is 4.79 Å². The summed E-state index contributed by atoms with van der Waals surface area (Å²) in [4.78, 5) is 41.2. The van der Waals surface area contributed by atoms with Crippen molar-refractivity contribution in [1.82, 2.24) is 9.55 Å². The van der Waals surface area contributed by atoms with Gasteiger partial charge in [-0.3, -0.25) is 9.59 Å². The summed E-state index contributed by atoms with van der Waals surface area (Å²) in [5, 5.41) is 0. The zero-order valence-corrected chi connectivity index (χ0v) is 33.2. The fourth-order valence-corrected chi connectivity index (χ4v) is 6.48. The maximum atomic E-state index is 12.5. The molecule has 51 heavy (non-hydrogen) atoms. The van der Waals surface area contributed by atoms with Gasteiger partial charge in [-0.15, -0.1) is 0 Å². The van der Waals surface area contributed by atoms with Crippen LogP contribution >= 0.6 is 0 Å². The molecule has 0 unspecified atom stereocenters. The summed E-state index contributed by atoms with van der Waals surface area (Å²) in [6, 6.07) is 0. The minimum Gasteiger partial charge on any atom is -0.462 e. The van der Waals surface area contributed by atoms with Gasteiger partial charge in [0.1, 0.15) is 19.5 Å². The summed E-state index contributed by atoms with van der Waals surface area (Å²) in [5.41, 5.74) is 0. The number of hydrogen-bond donors (Lipinski definition) is 0. The van der Waals surface area contributed by atoms with Gasteiger partial charge in [0.05, 0.1) is 0 Å². The average Bonchev–Trinajstić information content (AvgIpc) is 3.68. The van der Waals surface area contributed by atoms with E-state index >= 15 is 0 Å². The number of rotatable bonds is 37. The molecule has 0 spiro atoms. The van der Waals surface area contributed by atoms with Crippen molar-refractivity contribution in [2.45, 2.75) is 225 Å². The van der Waals surface area contributed by atoms with Crippen LogP contribution in [0.5, 0.6) is 0 Å². The molecule has 1 rings (SSSR count). The molecule has 0 bridgehead atoms. The molecular formula is C43H78N2O6. The van der Waals surface area contributed by atoms with E-state index in [2.05, 4.69) is 18.8 Å². The highest BCUT2D eigenvalue weighted by atomic mass is 16.6. The van der Waals surface area contributed by atoms with Crippen molar-refractivity contribution in [3.8, 4) is 0 Å². The van der Waals surface area contributed by atoms with Crippen LogP contribution in [-0.4, -0.2) is 46.9 Å². The lowest BCUT2D eigenvalue weighted by Gasteiger charge is -2.18. The van der Waals surface area contributed by atoms with Crippen LogP contribution in [0.3, 0.4) is 0 Å². The van der Waals surface area contributed by atoms with Crippen LogP contribution < -0.4 is 0 Å². The van der Waals surface area contributed by atoms with Crippen LogP contribution in [0.25, 0.3) is 0 Å². The van der Waals surface area contributed by atoms with E-state index in [1.54, 1.807) is 0 Å². The Bertz CT molecular complexity index is 872. The normalized spacial score (nSPS) is 11.3. The van der Waals surface area contributed by atoms with Crippen molar-refractivity contribution in [3.63, 3.8) is 0 Å². The van der Waals surface area contributed by atoms with Crippen molar-refractivity contribution in [2.75, 3.05) is 13.2 Å². The molecule has 0 saturated carbocycles. The Morgan fingerprint density at radius 2 is 0.804 bits per heavy atom. The predicted octanol–water partition coefficient (Wildman–Crippen LogP) is 12.8. The third kappa shape index (κ3) is 30.9. The van der Waals surface area contributed by atoms with Crippen LogP contribution in [0.2, 0.25) is 0 Å². The summed E-state index contributed by atoms with van der Waals surface area (Å²) in [6.07, 6.45) is 41.5. The Morgan fingerprint density at radius 1 is 0.490 bits per heavy atom. The lowest BCUT2D eigenvalue weighted by molar-refractivity contribution is -0.152. The molecule has 0 aliphatic carbocycles. The standard InChI is InChI=1S/C43H78N2O6/c1-3-5-7-9-11-13-15-17-19-21-23-25-27-29-31-33-41(46)49-37-40(51-43(48)45-36-35-44-39-45)38-50-42(47)34-32-30-28-26-24-22-20-18-16-14-12-10-8-6-4-2/h35-36,39-40H,3-34,37-38H2,1-2H3. The number of hydrogen-bond acceptors (Lipinski definition) is 7. The molecule has 1 heterocycles. The first-order valence-corrected chi connectivity index (χ1v) is 21.6. The van der Waals surface area contributed by atoms with Gasteiger partial charge >= 0.3 is 18.0 Å². The second-order valence-corrected chi connectivity index (χ2v) is 14.7. The van der Waals surface area contributed by atoms with E-state index in [0.717, 1.165) is 38.5 Å². The zero-order chi connectivity index (χ0) is 36.9. The maximum Gasteiger partial charge on any atom is 0.419 e. The summed E-state index contributed by atoms with van der Waals surface area (Å²) in [5.74, 6) is -0.644. The highest BCUT2D eigenvalue weighted by Crippen LogP contribution is 2.16. The van der Waals surface area contributed by atoms with E-state index in [0.29, 0.717) is 12.8 Å². The summed E-state index contributed by atoms with van der Waals surface area (Å²) in [7, 11) is 0. The van der Waals surface area contributed by atoms with Crippen LogP contribution in [-0.2, 0) is 23.8 Å². The molecule has 8 heteroatoms. The molecule has 0 aliphatic rings. The lowest BCUT2D eigenvalue weighted by Crippen LogP contribution is -2.32. The number of aromatic nitrogens is 2. The monoisotopic (exact) mass is 719 g/mol. The quantitative estimate of drug-likeness (QED) is 0.0384. The molecule has 1 aromatic rings. The smallest absolute Gasteiger partial charge is 0.419 e. The summed E-state index contributed by atoms with van der Waals surface area (Å²) < 4.78 is 17.5. The number of imidazole rings is 1. The van der Waals surface area contributed by atoms with E-state index in [1.807, 2.05) is 0 Å². The highest BCUT2D eigenvalue weighted by molar-refractivity contribution is 5.71. The van der Waals surface area contributed by atoms with Crippen LogP contribution in [0.1, 0.15) is 219 Å². The molecule has 0 radical (unpaired) electrons. The lowest BCUT2D eigenvalue weighted by atomic mass is 10.0. The molecule has 0 atom stereocenters. The number of esters is 2. The molecule has 0 aliphatic heterocycles. The van der Waals surface area contributed by atoms with Gasteiger partial charge in [0, 0.05) is 25.2 Å². The second-order valence-electron chi connectivity index (χ2n) is 14.7. The first-order chi connectivity index (χ1) is 25.1. The van der Waals surface area contributed by atoms with Gasteiger partial charge in [0.15, 0.2) is 6.10 Å². The Balaban J connectivity index is 2.12. The van der Waals surface area contributed by atoms with E-state index in [9.17, 15) is 14.4 Å². The van der Waals surface area contributed by atoms with Gasteiger partial charge in [-0.05, 0) is 12.8 Å². The fourth-order valence-electron chi connectivity index (χ4n) is 6.48. The first-order valence-electron chi connectivity index (χ1n) is 21.6. The molecule has 0 saturated heterocycles. The largest absolute Gasteiger partial charge is 0.462 e. The third-order valence-corrected chi connectivity index (χ3v) is 9.81. The Kier molecular flexibility index (Phi) is 32.9. The number of nitrogens with zero attached hydrogens (tertiary/aromatic N) is 2. The van der Waals surface area contributed by atoms with E-state index in [-0.39, 0.29) is 25.2 Å². The number of unbranched alkanes of at least 4 members (excludes halogenated alkanes) is 28. The van der Waals surface area contributed by atoms with Crippen molar-refractivity contribution in [1.29, 1.82) is 0 Å². The van der Waals surface area contributed by atoms with Crippen LogP contribution in [0.15, 0.2) is 18.7 Å². The van der Waals surface area contributed by atoms with Gasteiger partial charge in [0.25, 0.3) is 0 Å². The minimum absolute atomic E-state index is 0.149. The summed E-state index contributed by atoms with van der Waals surface area (Å²) >= 11 is 0. The average molecular weight is 719 g/mol. The SMILES string of the molecule is CCCCCCCCCCCCCCCCCC(=O)OCC(COC(=O)CCCCCCCCCCCCCCCCC)OC(=O)n1ccnc1. The molecular weight excluding hydrogens is 640 g/mol. The highest BCUT2D eigenvalue weighted by Gasteiger charge is 2.20. The van der Waals surface area contributed by atoms with Crippen molar-refractivity contribution in [2.24, 2.45) is 0 Å². The van der Waals surface area contributed by atoms with Crippen molar-refractivity contribution in [3.05, 3.63) is 18.7 Å². The Hall–Kier alpha value is -2.38. The van der Waals surface area contributed by atoms with Crippen molar-refractivity contribution >= 4 is 18.0 Å². The van der Waals surface area contributed by atoms with Crippen molar-refractivity contribution < 1.29 is 28.6 Å². The van der Waals surface area contributed by atoms with Gasteiger partial charge in [0.2, 0.25) is 0 Å². The molecule has 0 amide bonds. The number of ether oxygens (including phenoxy) is 3. The van der Waals surface area contributed by atoms with Gasteiger partial charge < -0.3 is 14.2 Å². The first kappa shape index (κ1) is 46.6. The fraction of sp³-hybridized carbons (Fsp3) is 0.860. The van der Waals surface area contributed by atoms with E-state index < -0.39 is 12.2 Å². The minimum atomic E-state index is -0.880. The second kappa shape index (κ2) is 36.0.